The Morgan fingerprint density at radius 1 is 1.19 bits per heavy atom. The predicted molar refractivity (Wildman–Crippen MR) is 84.0 cm³/mol. The molecule has 0 spiro atoms. The van der Waals surface area contributed by atoms with E-state index in [-0.39, 0.29) is 29.7 Å². The number of pyridine rings is 1. The van der Waals surface area contributed by atoms with Gasteiger partial charge in [0.25, 0.3) is 5.65 Å². The molecule has 0 radical (unpaired) electrons. The first-order chi connectivity index (χ1) is 12.3. The van der Waals surface area contributed by atoms with E-state index in [0.717, 1.165) is 18.2 Å². The highest BCUT2D eigenvalue weighted by Crippen LogP contribution is 2.32. The standard InChI is InChI=1S/C18H12F3N3O2/c19-18(20,21)13-6-3-5-12(11-13)15-16(25)23-9-2-1-7-14(23)24(17(15)26)10-4-8-22/h1-3,5-7,9,11H,4,10H2. The zero-order valence-corrected chi connectivity index (χ0v) is 13.3. The third-order valence-electron chi connectivity index (χ3n) is 3.93. The molecule has 0 amide bonds. The minimum absolute atomic E-state index is 0.0185. The number of hydrogen-bond acceptors (Lipinski definition) is 3. The van der Waals surface area contributed by atoms with E-state index in [4.69, 9.17) is 5.26 Å². The summed E-state index contributed by atoms with van der Waals surface area (Å²) in [5.74, 6) is -0.726. The maximum Gasteiger partial charge on any atom is 0.416 e. The molecule has 3 rings (SSSR count). The lowest BCUT2D eigenvalue weighted by Crippen LogP contribution is -2.43. The van der Waals surface area contributed by atoms with Gasteiger partial charge in [0.15, 0.2) is 0 Å². The third-order valence-corrected chi connectivity index (χ3v) is 3.93. The molecule has 0 bridgehead atoms. The molecule has 0 unspecified atom stereocenters. The number of nitriles is 1. The first-order valence-electron chi connectivity index (χ1n) is 7.63. The van der Waals surface area contributed by atoms with Crippen molar-refractivity contribution in [1.82, 2.24) is 4.40 Å². The van der Waals surface area contributed by atoms with Gasteiger partial charge in [-0.25, -0.2) is 9.36 Å². The van der Waals surface area contributed by atoms with E-state index >= 15 is 0 Å². The second-order valence-corrected chi connectivity index (χ2v) is 5.55. The second-order valence-electron chi connectivity index (χ2n) is 5.55. The summed E-state index contributed by atoms with van der Waals surface area (Å²) in [5, 5.41) is 21.6. The number of aromatic nitrogens is 2. The molecule has 0 N–H and O–H groups in total. The molecule has 0 aliphatic carbocycles. The fourth-order valence-corrected chi connectivity index (χ4v) is 2.75. The van der Waals surface area contributed by atoms with Gasteiger partial charge in [0, 0.05) is 6.07 Å². The number of benzene rings is 1. The van der Waals surface area contributed by atoms with E-state index in [1.807, 2.05) is 6.07 Å². The summed E-state index contributed by atoms with van der Waals surface area (Å²) in [5.41, 5.74) is -1.86. The Bertz CT molecular complexity index is 1080. The second kappa shape index (κ2) is 6.52. The Kier molecular flexibility index (Phi) is 4.38. The zero-order chi connectivity index (χ0) is 18.9. The largest absolute Gasteiger partial charge is 0.842 e. The first-order valence-corrected chi connectivity index (χ1v) is 7.63. The number of aryl methyl sites for hydroxylation is 1. The van der Waals surface area contributed by atoms with E-state index in [1.165, 1.54) is 27.3 Å². The van der Waals surface area contributed by atoms with Gasteiger partial charge in [-0.15, -0.1) is 0 Å². The van der Waals surface area contributed by atoms with Crippen LogP contribution in [0, 0.1) is 11.3 Å². The summed E-state index contributed by atoms with van der Waals surface area (Å²) in [6.07, 6.45) is -3.15. The Balaban J connectivity index is 2.34. The van der Waals surface area contributed by atoms with Crippen LogP contribution >= 0.6 is 0 Å². The summed E-state index contributed by atoms with van der Waals surface area (Å²) in [4.78, 5) is 12.7. The third kappa shape index (κ3) is 2.99. The van der Waals surface area contributed by atoms with Gasteiger partial charge in [0.1, 0.15) is 12.1 Å². The molecule has 2 aromatic heterocycles. The summed E-state index contributed by atoms with van der Waals surface area (Å²) in [6.45, 7) is 0.0229. The van der Waals surface area contributed by atoms with Crippen molar-refractivity contribution in [3.63, 3.8) is 0 Å². The highest BCUT2D eigenvalue weighted by atomic mass is 19.4. The highest BCUT2D eigenvalue weighted by Gasteiger charge is 2.31. The normalized spacial score (nSPS) is 11.5. The number of fused-ring (bicyclic) bond motifs is 1. The van der Waals surface area contributed by atoms with Crippen LogP contribution in [-0.4, -0.2) is 4.40 Å². The molecule has 0 atom stereocenters. The van der Waals surface area contributed by atoms with Crippen molar-refractivity contribution in [2.24, 2.45) is 0 Å². The lowest BCUT2D eigenvalue weighted by molar-refractivity contribution is -0.714. The van der Waals surface area contributed by atoms with Crippen LogP contribution in [0.2, 0.25) is 0 Å². The van der Waals surface area contributed by atoms with Gasteiger partial charge < -0.3 is 5.11 Å². The molecule has 1 aromatic carbocycles. The van der Waals surface area contributed by atoms with E-state index in [0.29, 0.717) is 0 Å². The number of alkyl halides is 3. The van der Waals surface area contributed by atoms with E-state index in [9.17, 15) is 23.1 Å². The van der Waals surface area contributed by atoms with Crippen LogP contribution in [-0.2, 0) is 12.7 Å². The maximum atomic E-state index is 13.0. The smallest absolute Gasteiger partial charge is 0.416 e. The topological polar surface area (TPSA) is 72.2 Å². The van der Waals surface area contributed by atoms with Crippen molar-refractivity contribution in [3.05, 3.63) is 64.6 Å². The number of hydrogen-bond donors (Lipinski definition) is 0. The molecule has 0 saturated heterocycles. The Morgan fingerprint density at radius 3 is 2.65 bits per heavy atom. The van der Waals surface area contributed by atoms with Crippen molar-refractivity contribution in [2.75, 3.05) is 0 Å². The van der Waals surface area contributed by atoms with Crippen molar-refractivity contribution in [2.45, 2.75) is 19.1 Å². The van der Waals surface area contributed by atoms with Crippen LogP contribution in [0.4, 0.5) is 13.2 Å². The minimum Gasteiger partial charge on any atom is -0.842 e. The van der Waals surface area contributed by atoms with Crippen molar-refractivity contribution >= 4 is 5.65 Å². The van der Waals surface area contributed by atoms with Gasteiger partial charge in [-0.05, 0) is 23.8 Å². The van der Waals surface area contributed by atoms with E-state index in [2.05, 4.69) is 0 Å². The fraction of sp³-hybridized carbons (Fsp3) is 0.167. The summed E-state index contributed by atoms with van der Waals surface area (Å²) in [6, 6.07) is 10.7. The van der Waals surface area contributed by atoms with Crippen LogP contribution in [0.3, 0.4) is 0 Å². The summed E-state index contributed by atoms with van der Waals surface area (Å²) in [7, 11) is 0. The highest BCUT2D eigenvalue weighted by molar-refractivity contribution is 5.67. The van der Waals surface area contributed by atoms with E-state index < -0.39 is 23.2 Å². The molecule has 0 aliphatic heterocycles. The molecule has 0 saturated carbocycles. The molecular formula is C18H12F3N3O2. The average Bonchev–Trinajstić information content (AvgIpc) is 2.61. The Morgan fingerprint density at radius 2 is 1.96 bits per heavy atom. The quantitative estimate of drug-likeness (QED) is 0.674. The molecule has 26 heavy (non-hydrogen) atoms. The molecule has 0 aliphatic rings. The van der Waals surface area contributed by atoms with Gasteiger partial charge >= 0.3 is 11.7 Å². The fourth-order valence-electron chi connectivity index (χ4n) is 2.75. The summed E-state index contributed by atoms with van der Waals surface area (Å²) >= 11 is 0. The number of nitrogens with zero attached hydrogens (tertiary/aromatic N) is 3. The molecule has 8 heteroatoms. The first kappa shape index (κ1) is 17.5. The van der Waals surface area contributed by atoms with Gasteiger partial charge in [0.2, 0.25) is 0 Å². The van der Waals surface area contributed by atoms with Crippen molar-refractivity contribution in [3.8, 4) is 23.1 Å². The molecule has 132 valence electrons. The molecular weight excluding hydrogens is 347 g/mol. The number of halogens is 3. The van der Waals surface area contributed by atoms with Gasteiger partial charge in [0.05, 0.1) is 30.1 Å². The van der Waals surface area contributed by atoms with Gasteiger partial charge in [-0.2, -0.15) is 22.8 Å². The van der Waals surface area contributed by atoms with Crippen LogP contribution in [0.1, 0.15) is 12.0 Å². The SMILES string of the molecule is N#CCC[n+]1c([O-])c(-c2cccc(C(F)(F)F)c2)c(=O)n2ccccc21. The van der Waals surface area contributed by atoms with Crippen LogP contribution < -0.4 is 15.2 Å². The van der Waals surface area contributed by atoms with Crippen LogP contribution in [0.25, 0.3) is 16.8 Å². The molecule has 3 aromatic rings. The van der Waals surface area contributed by atoms with Crippen molar-refractivity contribution < 1.29 is 22.8 Å². The Hall–Kier alpha value is -3.34. The molecule has 2 heterocycles. The van der Waals surface area contributed by atoms with E-state index in [1.54, 1.807) is 12.1 Å². The van der Waals surface area contributed by atoms with Crippen LogP contribution in [0.15, 0.2) is 53.5 Å². The molecule has 5 nitrogen and oxygen atoms in total. The van der Waals surface area contributed by atoms with Gasteiger partial charge in [-0.3, -0.25) is 0 Å². The summed E-state index contributed by atoms with van der Waals surface area (Å²) < 4.78 is 41.4. The molecule has 0 fully saturated rings. The zero-order valence-electron chi connectivity index (χ0n) is 13.3. The van der Waals surface area contributed by atoms with Gasteiger partial charge in [-0.1, -0.05) is 18.2 Å². The predicted octanol–water partition coefficient (Wildman–Crippen LogP) is 2.26. The number of rotatable bonds is 3. The van der Waals surface area contributed by atoms with Crippen molar-refractivity contribution in [1.29, 1.82) is 5.26 Å². The van der Waals surface area contributed by atoms with Crippen LogP contribution in [0.5, 0.6) is 5.88 Å². The Labute approximate surface area is 145 Å². The average molecular weight is 359 g/mol. The minimum atomic E-state index is -4.59. The lowest BCUT2D eigenvalue weighted by Gasteiger charge is -2.17. The monoisotopic (exact) mass is 359 g/mol. The maximum absolute atomic E-state index is 13.0. The lowest BCUT2D eigenvalue weighted by atomic mass is 10.0.